The lowest BCUT2D eigenvalue weighted by atomic mass is 9.54. The average molecular weight is 291 g/mol. The molecule has 1 aliphatic rings. The highest BCUT2D eigenvalue weighted by Crippen LogP contribution is 2.50. The first-order chi connectivity index (χ1) is 9.72. The zero-order valence-electron chi connectivity index (χ0n) is 13.5. The Morgan fingerprint density at radius 2 is 2.14 bits per heavy atom. The van der Waals surface area contributed by atoms with Crippen LogP contribution in [0.2, 0.25) is 0 Å². The van der Waals surface area contributed by atoms with Crippen LogP contribution in [0.15, 0.2) is 12.1 Å². The van der Waals surface area contributed by atoms with E-state index in [1.807, 2.05) is 46.8 Å². The van der Waals surface area contributed by atoms with Crippen LogP contribution in [-0.4, -0.2) is 29.1 Å². The molecule has 21 heavy (non-hydrogen) atoms. The SMILES string of the molecule is CCOC1CC(N)(C(=O)Nc2ccc(C)nc2C)C1(C)C. The fraction of sp³-hybridized carbons (Fsp3) is 0.625. The molecule has 5 heteroatoms. The molecule has 1 aliphatic carbocycles. The van der Waals surface area contributed by atoms with Gasteiger partial charge in [0.15, 0.2) is 0 Å². The minimum absolute atomic E-state index is 0.0236. The van der Waals surface area contributed by atoms with E-state index in [9.17, 15) is 4.79 Å². The fourth-order valence-electron chi connectivity index (χ4n) is 2.87. The van der Waals surface area contributed by atoms with Crippen LogP contribution in [0.25, 0.3) is 0 Å². The van der Waals surface area contributed by atoms with Gasteiger partial charge >= 0.3 is 0 Å². The van der Waals surface area contributed by atoms with E-state index in [-0.39, 0.29) is 17.4 Å². The molecule has 0 bridgehead atoms. The molecule has 1 heterocycles. The van der Waals surface area contributed by atoms with E-state index >= 15 is 0 Å². The normalized spacial score (nSPS) is 27.0. The maximum absolute atomic E-state index is 12.6. The second-order valence-electron chi connectivity index (χ2n) is 6.38. The van der Waals surface area contributed by atoms with Crippen LogP contribution in [0, 0.1) is 19.3 Å². The summed E-state index contributed by atoms with van der Waals surface area (Å²) >= 11 is 0. The summed E-state index contributed by atoms with van der Waals surface area (Å²) in [5.41, 5.74) is 7.49. The minimum Gasteiger partial charge on any atom is -0.378 e. The van der Waals surface area contributed by atoms with Gasteiger partial charge in [-0.05, 0) is 32.9 Å². The van der Waals surface area contributed by atoms with Gasteiger partial charge in [0.1, 0.15) is 5.54 Å². The Bertz CT molecular complexity index is 556. The van der Waals surface area contributed by atoms with Crippen molar-refractivity contribution in [2.45, 2.75) is 52.7 Å². The number of hydrogen-bond donors (Lipinski definition) is 2. The monoisotopic (exact) mass is 291 g/mol. The third-order valence-electron chi connectivity index (χ3n) is 4.71. The number of carbonyl (C=O) groups is 1. The van der Waals surface area contributed by atoms with Crippen LogP contribution in [0.5, 0.6) is 0 Å². The van der Waals surface area contributed by atoms with Gasteiger partial charge in [0.05, 0.1) is 17.5 Å². The highest BCUT2D eigenvalue weighted by atomic mass is 16.5. The van der Waals surface area contributed by atoms with Gasteiger partial charge in [-0.1, -0.05) is 13.8 Å². The molecule has 1 amide bonds. The summed E-state index contributed by atoms with van der Waals surface area (Å²) in [5.74, 6) is -0.169. The zero-order chi connectivity index (χ0) is 15.8. The molecule has 5 nitrogen and oxygen atoms in total. The standard InChI is InChI=1S/C16H25N3O2/c1-6-21-13-9-16(17,15(13,4)5)14(20)19-12-8-7-10(2)18-11(12)3/h7-8,13H,6,9,17H2,1-5H3,(H,19,20). The van der Waals surface area contributed by atoms with Crippen LogP contribution in [-0.2, 0) is 9.53 Å². The number of ether oxygens (including phenoxy) is 1. The van der Waals surface area contributed by atoms with Crippen LogP contribution < -0.4 is 11.1 Å². The van der Waals surface area contributed by atoms with Crippen molar-refractivity contribution >= 4 is 11.6 Å². The summed E-state index contributed by atoms with van der Waals surface area (Å²) in [6.45, 7) is 10.3. The molecule has 0 radical (unpaired) electrons. The van der Waals surface area contributed by atoms with Gasteiger partial charge in [0.25, 0.3) is 0 Å². The number of anilines is 1. The summed E-state index contributed by atoms with van der Waals surface area (Å²) in [6.07, 6.45) is 0.563. The summed E-state index contributed by atoms with van der Waals surface area (Å²) in [7, 11) is 0. The van der Waals surface area contributed by atoms with Crippen molar-refractivity contribution < 1.29 is 9.53 Å². The molecular weight excluding hydrogens is 266 g/mol. The van der Waals surface area contributed by atoms with Gasteiger partial charge < -0.3 is 15.8 Å². The largest absolute Gasteiger partial charge is 0.378 e. The molecule has 0 spiro atoms. The quantitative estimate of drug-likeness (QED) is 0.891. The lowest BCUT2D eigenvalue weighted by molar-refractivity contribution is -0.166. The molecule has 1 aromatic heterocycles. The topological polar surface area (TPSA) is 77.2 Å². The predicted octanol–water partition coefficient (Wildman–Crippen LogP) is 2.17. The van der Waals surface area contributed by atoms with Crippen molar-refractivity contribution in [1.82, 2.24) is 4.98 Å². The van der Waals surface area contributed by atoms with Gasteiger partial charge in [-0.2, -0.15) is 0 Å². The van der Waals surface area contributed by atoms with E-state index in [4.69, 9.17) is 10.5 Å². The number of pyridine rings is 1. The molecule has 0 aliphatic heterocycles. The maximum atomic E-state index is 12.6. The second kappa shape index (κ2) is 5.39. The van der Waals surface area contributed by atoms with E-state index < -0.39 is 5.54 Å². The molecular formula is C16H25N3O2. The Labute approximate surface area is 126 Å². The lowest BCUT2D eigenvalue weighted by Crippen LogP contribution is -2.74. The van der Waals surface area contributed by atoms with Crippen molar-refractivity contribution in [2.24, 2.45) is 11.1 Å². The highest BCUT2D eigenvalue weighted by Gasteiger charge is 2.62. The number of hydrogen-bond acceptors (Lipinski definition) is 4. The van der Waals surface area contributed by atoms with Crippen molar-refractivity contribution in [3.63, 3.8) is 0 Å². The molecule has 0 aromatic carbocycles. The first-order valence-corrected chi connectivity index (χ1v) is 7.38. The number of aryl methyl sites for hydroxylation is 2. The van der Waals surface area contributed by atoms with Crippen LogP contribution in [0.4, 0.5) is 5.69 Å². The van der Waals surface area contributed by atoms with E-state index in [0.717, 1.165) is 11.4 Å². The molecule has 1 saturated carbocycles. The van der Waals surface area contributed by atoms with Crippen LogP contribution in [0.1, 0.15) is 38.6 Å². The number of rotatable bonds is 4. The smallest absolute Gasteiger partial charge is 0.245 e. The minimum atomic E-state index is -0.913. The number of nitrogens with zero attached hydrogens (tertiary/aromatic N) is 1. The first-order valence-electron chi connectivity index (χ1n) is 7.38. The summed E-state index contributed by atoms with van der Waals surface area (Å²) in [4.78, 5) is 17.0. The van der Waals surface area contributed by atoms with Crippen molar-refractivity contribution in [2.75, 3.05) is 11.9 Å². The van der Waals surface area contributed by atoms with Crippen molar-refractivity contribution in [1.29, 1.82) is 0 Å². The van der Waals surface area contributed by atoms with Gasteiger partial charge in [-0.3, -0.25) is 9.78 Å². The average Bonchev–Trinajstić information content (AvgIpc) is 2.41. The lowest BCUT2D eigenvalue weighted by Gasteiger charge is -2.57. The Hall–Kier alpha value is -1.46. The molecule has 2 atom stereocenters. The van der Waals surface area contributed by atoms with Crippen LogP contribution in [0.3, 0.4) is 0 Å². The molecule has 2 unspecified atom stereocenters. The first kappa shape index (κ1) is 15.9. The van der Waals surface area contributed by atoms with Gasteiger partial charge in [0, 0.05) is 24.1 Å². The van der Waals surface area contributed by atoms with E-state index in [1.165, 1.54) is 0 Å². The summed E-state index contributed by atoms with van der Waals surface area (Å²) in [6, 6.07) is 3.74. The number of nitrogens with two attached hydrogens (primary N) is 1. The van der Waals surface area contributed by atoms with Gasteiger partial charge in [-0.15, -0.1) is 0 Å². The van der Waals surface area contributed by atoms with Crippen molar-refractivity contribution in [3.8, 4) is 0 Å². The van der Waals surface area contributed by atoms with Gasteiger partial charge in [0.2, 0.25) is 5.91 Å². The number of nitrogens with one attached hydrogen (secondary N) is 1. The Morgan fingerprint density at radius 1 is 1.48 bits per heavy atom. The second-order valence-corrected chi connectivity index (χ2v) is 6.38. The molecule has 1 fully saturated rings. The molecule has 0 saturated heterocycles. The number of carbonyl (C=O) groups excluding carboxylic acids is 1. The van der Waals surface area contributed by atoms with E-state index in [0.29, 0.717) is 18.7 Å². The Balaban J connectivity index is 2.14. The van der Waals surface area contributed by atoms with Crippen LogP contribution >= 0.6 is 0 Å². The summed E-state index contributed by atoms with van der Waals surface area (Å²) < 4.78 is 5.66. The van der Waals surface area contributed by atoms with E-state index in [2.05, 4.69) is 10.3 Å². The highest BCUT2D eigenvalue weighted by molar-refractivity contribution is 6.00. The van der Waals surface area contributed by atoms with E-state index in [1.54, 1.807) is 0 Å². The predicted molar refractivity (Wildman–Crippen MR) is 83.1 cm³/mol. The van der Waals surface area contributed by atoms with Gasteiger partial charge in [-0.25, -0.2) is 0 Å². The summed E-state index contributed by atoms with van der Waals surface area (Å²) in [5, 5.41) is 2.92. The number of amides is 1. The van der Waals surface area contributed by atoms with Crippen molar-refractivity contribution in [3.05, 3.63) is 23.5 Å². The molecule has 116 valence electrons. The third kappa shape index (κ3) is 2.56. The number of aromatic nitrogens is 1. The maximum Gasteiger partial charge on any atom is 0.245 e. The Kier molecular flexibility index (Phi) is 4.08. The molecule has 2 rings (SSSR count). The fourth-order valence-corrected chi connectivity index (χ4v) is 2.87. The zero-order valence-corrected chi connectivity index (χ0v) is 13.5. The molecule has 1 aromatic rings. The molecule has 3 N–H and O–H groups in total. The third-order valence-corrected chi connectivity index (χ3v) is 4.71. The Morgan fingerprint density at radius 3 is 2.67 bits per heavy atom.